The van der Waals surface area contributed by atoms with E-state index in [1.54, 1.807) is 30.4 Å². The largest absolute Gasteiger partial charge is 0.378 e. The van der Waals surface area contributed by atoms with Gasteiger partial charge in [-0.15, -0.1) is 11.3 Å². The summed E-state index contributed by atoms with van der Waals surface area (Å²) >= 11 is 5.12. The molecule has 1 N–H and O–H groups in total. The molecule has 0 aliphatic rings. The van der Waals surface area contributed by atoms with Crippen molar-refractivity contribution in [3.05, 3.63) is 45.1 Å². The minimum absolute atomic E-state index is 0.124. The van der Waals surface area contributed by atoms with E-state index in [0.717, 1.165) is 10.2 Å². The molecule has 3 nitrogen and oxygen atoms in total. The standard InChI is InChI=1S/C14H16BrNO2S2/c1-3-20(17,18)13-6-4-12(5-7-13)16-10(2)14-8-11(15)9-19-14/h4-10,16H,3H2,1-2H3. The topological polar surface area (TPSA) is 46.2 Å². The highest BCUT2D eigenvalue weighted by Gasteiger charge is 2.12. The lowest BCUT2D eigenvalue weighted by molar-refractivity contribution is 0.597. The van der Waals surface area contributed by atoms with Crippen molar-refractivity contribution in [1.82, 2.24) is 0 Å². The first kappa shape index (κ1) is 15.5. The quantitative estimate of drug-likeness (QED) is 0.840. The Labute approximate surface area is 132 Å². The van der Waals surface area contributed by atoms with Gasteiger partial charge in [-0.05, 0) is 53.2 Å². The van der Waals surface area contributed by atoms with Gasteiger partial charge in [0.05, 0.1) is 16.7 Å². The van der Waals surface area contributed by atoms with Crippen molar-refractivity contribution in [3.63, 3.8) is 0 Å². The van der Waals surface area contributed by atoms with Gasteiger partial charge in [0.25, 0.3) is 0 Å². The van der Waals surface area contributed by atoms with Crippen molar-refractivity contribution in [3.8, 4) is 0 Å². The molecule has 0 bridgehead atoms. The first-order valence-electron chi connectivity index (χ1n) is 6.25. The Hall–Kier alpha value is -0.850. The molecule has 108 valence electrons. The molecule has 0 radical (unpaired) electrons. The SMILES string of the molecule is CCS(=O)(=O)c1ccc(NC(C)c2cc(Br)cs2)cc1. The fourth-order valence-electron chi connectivity index (χ4n) is 1.80. The summed E-state index contributed by atoms with van der Waals surface area (Å²) in [6, 6.07) is 9.18. The third-order valence-electron chi connectivity index (χ3n) is 2.99. The molecule has 0 aliphatic heterocycles. The number of sulfone groups is 1. The minimum Gasteiger partial charge on any atom is -0.378 e. The number of rotatable bonds is 5. The lowest BCUT2D eigenvalue weighted by atomic mass is 10.2. The normalized spacial score (nSPS) is 13.2. The van der Waals surface area contributed by atoms with Crippen LogP contribution in [0.15, 0.2) is 45.1 Å². The Morgan fingerprint density at radius 2 is 1.95 bits per heavy atom. The monoisotopic (exact) mass is 373 g/mol. The van der Waals surface area contributed by atoms with Crippen molar-refractivity contribution >= 4 is 42.8 Å². The Balaban J connectivity index is 2.11. The van der Waals surface area contributed by atoms with Gasteiger partial charge in [-0.25, -0.2) is 8.42 Å². The molecule has 6 heteroatoms. The molecule has 1 aromatic carbocycles. The summed E-state index contributed by atoms with van der Waals surface area (Å²) in [4.78, 5) is 1.60. The van der Waals surface area contributed by atoms with Gasteiger partial charge in [-0.3, -0.25) is 0 Å². The predicted octanol–water partition coefficient (Wildman–Crippen LogP) is 4.48. The van der Waals surface area contributed by atoms with Crippen molar-refractivity contribution in [2.75, 3.05) is 11.1 Å². The van der Waals surface area contributed by atoms with Gasteiger partial charge in [0.1, 0.15) is 0 Å². The number of thiophene rings is 1. The average molecular weight is 374 g/mol. The van der Waals surface area contributed by atoms with Crippen LogP contribution in [0.25, 0.3) is 0 Å². The third kappa shape index (κ3) is 3.62. The predicted molar refractivity (Wildman–Crippen MR) is 88.2 cm³/mol. The van der Waals surface area contributed by atoms with Crippen molar-refractivity contribution in [2.24, 2.45) is 0 Å². The Kier molecular flexibility index (Phi) is 4.88. The number of halogens is 1. The summed E-state index contributed by atoms with van der Waals surface area (Å²) in [6.07, 6.45) is 0. The summed E-state index contributed by atoms with van der Waals surface area (Å²) in [7, 11) is -3.12. The lowest BCUT2D eigenvalue weighted by Gasteiger charge is -2.14. The molecule has 2 rings (SSSR count). The van der Waals surface area contributed by atoms with Crippen LogP contribution in [0.3, 0.4) is 0 Å². The second-order valence-electron chi connectivity index (χ2n) is 4.46. The summed E-state index contributed by atoms with van der Waals surface area (Å²) in [5, 5.41) is 5.41. The molecule has 0 amide bonds. The molecule has 1 heterocycles. The van der Waals surface area contributed by atoms with E-state index in [4.69, 9.17) is 0 Å². The number of hydrogen-bond donors (Lipinski definition) is 1. The van der Waals surface area contributed by atoms with E-state index in [2.05, 4.69) is 34.2 Å². The smallest absolute Gasteiger partial charge is 0.178 e. The number of anilines is 1. The van der Waals surface area contributed by atoms with E-state index in [9.17, 15) is 8.42 Å². The van der Waals surface area contributed by atoms with Crippen LogP contribution in [0.5, 0.6) is 0 Å². The number of nitrogens with one attached hydrogen (secondary N) is 1. The van der Waals surface area contributed by atoms with E-state index in [0.29, 0.717) is 4.90 Å². The highest BCUT2D eigenvalue weighted by Crippen LogP contribution is 2.28. The fraction of sp³-hybridized carbons (Fsp3) is 0.286. The van der Waals surface area contributed by atoms with Crippen LogP contribution < -0.4 is 5.32 Å². The van der Waals surface area contributed by atoms with Crippen LogP contribution in [-0.4, -0.2) is 14.2 Å². The van der Waals surface area contributed by atoms with E-state index in [1.165, 1.54) is 4.88 Å². The zero-order valence-corrected chi connectivity index (χ0v) is 14.5. The van der Waals surface area contributed by atoms with Gasteiger partial charge in [0, 0.05) is 20.4 Å². The maximum atomic E-state index is 11.7. The first-order chi connectivity index (χ1) is 9.42. The highest BCUT2D eigenvalue weighted by atomic mass is 79.9. The molecular formula is C14H16BrNO2S2. The number of hydrogen-bond acceptors (Lipinski definition) is 4. The Morgan fingerprint density at radius 3 is 2.45 bits per heavy atom. The number of benzene rings is 1. The van der Waals surface area contributed by atoms with Crippen molar-refractivity contribution in [1.29, 1.82) is 0 Å². The average Bonchev–Trinajstić information content (AvgIpc) is 2.86. The van der Waals surface area contributed by atoms with E-state index in [1.807, 2.05) is 17.5 Å². The van der Waals surface area contributed by atoms with Crippen molar-refractivity contribution < 1.29 is 8.42 Å². The molecule has 0 fully saturated rings. The van der Waals surface area contributed by atoms with E-state index < -0.39 is 9.84 Å². The molecular weight excluding hydrogens is 358 g/mol. The van der Waals surface area contributed by atoms with Gasteiger partial charge in [-0.2, -0.15) is 0 Å². The lowest BCUT2D eigenvalue weighted by Crippen LogP contribution is -2.06. The maximum absolute atomic E-state index is 11.7. The van der Waals surface area contributed by atoms with Crippen LogP contribution >= 0.6 is 27.3 Å². The van der Waals surface area contributed by atoms with Crippen LogP contribution in [0, 0.1) is 0 Å². The van der Waals surface area contributed by atoms with Crippen LogP contribution in [-0.2, 0) is 9.84 Å². The van der Waals surface area contributed by atoms with Gasteiger partial charge in [0.15, 0.2) is 9.84 Å². The van der Waals surface area contributed by atoms with Gasteiger partial charge in [0.2, 0.25) is 0 Å². The molecule has 2 aromatic rings. The van der Waals surface area contributed by atoms with Crippen LogP contribution in [0.2, 0.25) is 0 Å². The third-order valence-corrected chi connectivity index (χ3v) is 6.62. The summed E-state index contributed by atoms with van der Waals surface area (Å²) in [5.41, 5.74) is 0.914. The minimum atomic E-state index is -3.12. The molecule has 0 saturated heterocycles. The fourth-order valence-corrected chi connectivity index (χ4v) is 4.14. The summed E-state index contributed by atoms with van der Waals surface area (Å²) < 4.78 is 24.5. The van der Waals surface area contributed by atoms with E-state index >= 15 is 0 Å². The zero-order chi connectivity index (χ0) is 14.8. The van der Waals surface area contributed by atoms with Gasteiger partial charge in [-0.1, -0.05) is 6.92 Å². The molecule has 1 atom stereocenters. The first-order valence-corrected chi connectivity index (χ1v) is 9.58. The Bertz CT molecular complexity index is 677. The second kappa shape index (κ2) is 6.28. The molecule has 0 aliphatic carbocycles. The molecule has 0 saturated carbocycles. The highest BCUT2D eigenvalue weighted by molar-refractivity contribution is 9.10. The van der Waals surface area contributed by atoms with Crippen molar-refractivity contribution in [2.45, 2.75) is 24.8 Å². The summed E-state index contributed by atoms with van der Waals surface area (Å²) in [5.74, 6) is 0.124. The maximum Gasteiger partial charge on any atom is 0.178 e. The summed E-state index contributed by atoms with van der Waals surface area (Å²) in [6.45, 7) is 3.73. The molecule has 1 aromatic heterocycles. The van der Waals surface area contributed by atoms with Crippen LogP contribution in [0.4, 0.5) is 5.69 Å². The van der Waals surface area contributed by atoms with Gasteiger partial charge >= 0.3 is 0 Å². The second-order valence-corrected chi connectivity index (χ2v) is 8.60. The molecule has 1 unspecified atom stereocenters. The molecule has 0 spiro atoms. The zero-order valence-electron chi connectivity index (χ0n) is 11.3. The van der Waals surface area contributed by atoms with E-state index in [-0.39, 0.29) is 11.8 Å². The Morgan fingerprint density at radius 1 is 1.30 bits per heavy atom. The molecule has 20 heavy (non-hydrogen) atoms. The van der Waals surface area contributed by atoms with Crippen LogP contribution in [0.1, 0.15) is 24.8 Å². The van der Waals surface area contributed by atoms with Gasteiger partial charge < -0.3 is 5.32 Å².